The van der Waals surface area contributed by atoms with E-state index < -0.39 is 0 Å². The molecule has 8 heteroatoms. The number of halogens is 2. The van der Waals surface area contributed by atoms with E-state index in [2.05, 4.69) is 32.2 Å². The highest BCUT2D eigenvalue weighted by Gasteiger charge is 2.33. The summed E-state index contributed by atoms with van der Waals surface area (Å²) in [7, 11) is 0. The fourth-order valence-corrected chi connectivity index (χ4v) is 4.41. The van der Waals surface area contributed by atoms with Gasteiger partial charge >= 0.3 is 0 Å². The molecule has 0 radical (unpaired) electrons. The standard InChI is InChI=1S/C19H30N6.2ClH/c20-15-17(16-21)19-24(12-4-11-23-9-2-1-3-10-23)13-14-25(19)18-5-7-22-8-6-18;;/h18,22H,1-14H2;2*1H. The lowest BCUT2D eigenvalue weighted by Crippen LogP contribution is -2.42. The van der Waals surface area contributed by atoms with Gasteiger partial charge in [-0.05, 0) is 64.8 Å². The summed E-state index contributed by atoms with van der Waals surface area (Å²) in [6.45, 7) is 8.46. The van der Waals surface area contributed by atoms with Gasteiger partial charge in [-0.25, -0.2) is 0 Å². The Morgan fingerprint density at radius 1 is 0.926 bits per heavy atom. The molecule has 3 aliphatic heterocycles. The molecule has 1 N–H and O–H groups in total. The van der Waals surface area contributed by atoms with Crippen molar-refractivity contribution < 1.29 is 0 Å². The van der Waals surface area contributed by atoms with Crippen molar-refractivity contribution >= 4 is 24.8 Å². The van der Waals surface area contributed by atoms with Crippen LogP contribution in [0.15, 0.2) is 11.4 Å². The quantitative estimate of drug-likeness (QED) is 0.696. The second-order valence-corrected chi connectivity index (χ2v) is 7.34. The van der Waals surface area contributed by atoms with Crippen LogP contribution in [0, 0.1) is 22.7 Å². The second-order valence-electron chi connectivity index (χ2n) is 7.34. The lowest BCUT2D eigenvalue weighted by molar-refractivity contribution is 0.203. The first-order chi connectivity index (χ1) is 12.3. The van der Waals surface area contributed by atoms with Gasteiger partial charge in [0.2, 0.25) is 0 Å². The van der Waals surface area contributed by atoms with Crippen molar-refractivity contribution in [3.05, 3.63) is 11.4 Å². The van der Waals surface area contributed by atoms with Crippen LogP contribution in [-0.2, 0) is 0 Å². The third-order valence-corrected chi connectivity index (χ3v) is 5.73. The smallest absolute Gasteiger partial charge is 0.169 e. The highest BCUT2D eigenvalue weighted by Crippen LogP contribution is 2.28. The molecule has 3 fully saturated rings. The molecular weight excluding hydrogens is 383 g/mol. The van der Waals surface area contributed by atoms with Crippen LogP contribution in [0.4, 0.5) is 0 Å². The Kier molecular flexibility index (Phi) is 10.9. The fourth-order valence-electron chi connectivity index (χ4n) is 4.41. The first-order valence-corrected chi connectivity index (χ1v) is 9.82. The van der Waals surface area contributed by atoms with Gasteiger partial charge in [0.1, 0.15) is 18.0 Å². The summed E-state index contributed by atoms with van der Waals surface area (Å²) in [6, 6.07) is 4.74. The molecule has 3 rings (SSSR count). The first-order valence-electron chi connectivity index (χ1n) is 9.82. The van der Waals surface area contributed by atoms with E-state index in [1.165, 1.54) is 32.4 Å². The minimum absolute atomic E-state index is 0. The molecule has 3 heterocycles. The number of rotatable bonds is 5. The van der Waals surface area contributed by atoms with E-state index in [1.54, 1.807) is 0 Å². The maximum atomic E-state index is 9.45. The Bertz CT molecular complexity index is 540. The van der Waals surface area contributed by atoms with E-state index in [0.717, 1.165) is 64.4 Å². The minimum Gasteiger partial charge on any atom is -0.355 e. The van der Waals surface area contributed by atoms with Gasteiger partial charge in [-0.1, -0.05) is 6.42 Å². The van der Waals surface area contributed by atoms with Crippen LogP contribution in [-0.4, -0.2) is 73.1 Å². The Labute approximate surface area is 176 Å². The molecule has 3 aliphatic rings. The molecule has 0 saturated carbocycles. The van der Waals surface area contributed by atoms with Gasteiger partial charge in [0, 0.05) is 25.7 Å². The summed E-state index contributed by atoms with van der Waals surface area (Å²) in [4.78, 5) is 7.18. The number of hydrogen-bond acceptors (Lipinski definition) is 6. The van der Waals surface area contributed by atoms with Gasteiger partial charge in [-0.2, -0.15) is 10.5 Å². The van der Waals surface area contributed by atoms with Crippen molar-refractivity contribution in [3.8, 4) is 12.1 Å². The zero-order valence-corrected chi connectivity index (χ0v) is 17.7. The molecule has 0 spiro atoms. The number of nitriles is 2. The highest BCUT2D eigenvalue weighted by molar-refractivity contribution is 5.85. The van der Waals surface area contributed by atoms with Gasteiger partial charge in [0.25, 0.3) is 0 Å². The molecule has 0 aromatic heterocycles. The summed E-state index contributed by atoms with van der Waals surface area (Å²) < 4.78 is 0. The lowest BCUT2D eigenvalue weighted by Gasteiger charge is -2.35. The van der Waals surface area contributed by atoms with E-state index in [-0.39, 0.29) is 30.4 Å². The molecule has 3 saturated heterocycles. The van der Waals surface area contributed by atoms with Crippen LogP contribution in [0.2, 0.25) is 0 Å². The summed E-state index contributed by atoms with van der Waals surface area (Å²) in [5, 5.41) is 22.3. The zero-order valence-electron chi connectivity index (χ0n) is 16.0. The van der Waals surface area contributed by atoms with E-state index in [4.69, 9.17) is 0 Å². The number of piperidine rings is 2. The summed E-state index contributed by atoms with van der Waals surface area (Å²) in [5.74, 6) is 0.899. The van der Waals surface area contributed by atoms with Gasteiger partial charge in [0.15, 0.2) is 5.57 Å². The van der Waals surface area contributed by atoms with E-state index in [1.807, 2.05) is 0 Å². The molecular formula is C19H32Cl2N6. The first kappa shape index (κ1) is 23.9. The SMILES string of the molecule is Cl.Cl.N#CC(C#N)=C1N(CCCN2CCCCC2)CCN1C1CCNCC1. The summed E-state index contributed by atoms with van der Waals surface area (Å²) in [6.07, 6.45) is 7.31. The number of hydrogen-bond donors (Lipinski definition) is 1. The zero-order chi connectivity index (χ0) is 17.5. The predicted molar refractivity (Wildman–Crippen MR) is 112 cm³/mol. The maximum absolute atomic E-state index is 9.45. The summed E-state index contributed by atoms with van der Waals surface area (Å²) >= 11 is 0. The Morgan fingerprint density at radius 3 is 2.22 bits per heavy atom. The number of nitrogens with one attached hydrogen (secondary N) is 1. The van der Waals surface area contributed by atoms with Gasteiger partial charge in [-0.3, -0.25) is 0 Å². The average Bonchev–Trinajstić information content (AvgIpc) is 3.08. The van der Waals surface area contributed by atoms with Crippen LogP contribution in [0.25, 0.3) is 0 Å². The van der Waals surface area contributed by atoms with E-state index >= 15 is 0 Å². The van der Waals surface area contributed by atoms with Crippen molar-refractivity contribution in [3.63, 3.8) is 0 Å². The number of nitrogens with zero attached hydrogens (tertiary/aromatic N) is 5. The normalized spacial score (nSPS) is 21.0. The molecule has 0 aromatic carbocycles. The number of allylic oxidation sites excluding steroid dienone is 1. The highest BCUT2D eigenvalue weighted by atomic mass is 35.5. The molecule has 0 atom stereocenters. The number of likely N-dealkylation sites (tertiary alicyclic amines) is 1. The second kappa shape index (κ2) is 12.3. The van der Waals surface area contributed by atoms with E-state index in [9.17, 15) is 10.5 Å². The molecule has 0 unspecified atom stereocenters. The third-order valence-electron chi connectivity index (χ3n) is 5.73. The Hall–Kier alpha value is -1.18. The minimum atomic E-state index is 0. The molecule has 0 aromatic rings. The topological polar surface area (TPSA) is 69.3 Å². The molecule has 0 amide bonds. The van der Waals surface area contributed by atoms with Crippen LogP contribution in [0.5, 0.6) is 0 Å². The molecule has 27 heavy (non-hydrogen) atoms. The van der Waals surface area contributed by atoms with Crippen LogP contribution < -0.4 is 5.32 Å². The molecule has 6 nitrogen and oxygen atoms in total. The molecule has 152 valence electrons. The van der Waals surface area contributed by atoms with Crippen molar-refractivity contribution in [2.45, 2.75) is 44.6 Å². The van der Waals surface area contributed by atoms with Crippen molar-refractivity contribution in [2.24, 2.45) is 0 Å². The van der Waals surface area contributed by atoms with Crippen molar-refractivity contribution in [2.75, 3.05) is 52.4 Å². The Morgan fingerprint density at radius 2 is 1.59 bits per heavy atom. The largest absolute Gasteiger partial charge is 0.355 e. The van der Waals surface area contributed by atoms with Crippen LogP contribution >= 0.6 is 24.8 Å². The lowest BCUT2D eigenvalue weighted by atomic mass is 10.0. The predicted octanol–water partition coefficient (Wildman–Crippen LogP) is 2.33. The van der Waals surface area contributed by atoms with Gasteiger partial charge in [-0.15, -0.1) is 24.8 Å². The average molecular weight is 415 g/mol. The van der Waals surface area contributed by atoms with Gasteiger partial charge in [0.05, 0.1) is 0 Å². The van der Waals surface area contributed by atoms with Gasteiger partial charge < -0.3 is 20.0 Å². The fraction of sp³-hybridized carbons (Fsp3) is 0.789. The van der Waals surface area contributed by atoms with Crippen LogP contribution in [0.1, 0.15) is 38.5 Å². The van der Waals surface area contributed by atoms with Crippen LogP contribution in [0.3, 0.4) is 0 Å². The summed E-state index contributed by atoms with van der Waals surface area (Å²) in [5.41, 5.74) is 0.286. The monoisotopic (exact) mass is 414 g/mol. The Balaban J connectivity index is 0.00000182. The third kappa shape index (κ3) is 6.16. The maximum Gasteiger partial charge on any atom is 0.169 e. The molecule has 0 bridgehead atoms. The molecule has 0 aliphatic carbocycles. The van der Waals surface area contributed by atoms with Crippen molar-refractivity contribution in [1.82, 2.24) is 20.0 Å². The van der Waals surface area contributed by atoms with E-state index in [0.29, 0.717) is 6.04 Å². The van der Waals surface area contributed by atoms with Crippen molar-refractivity contribution in [1.29, 1.82) is 10.5 Å².